The predicted molar refractivity (Wildman–Crippen MR) is 100 cm³/mol. The molecule has 1 N–H and O–H groups in total. The molecule has 3 aromatic rings. The monoisotopic (exact) mass is 479 g/mol. The van der Waals surface area contributed by atoms with Gasteiger partial charge in [-0.25, -0.2) is 14.4 Å². The summed E-state index contributed by atoms with van der Waals surface area (Å²) in [7, 11) is -4.32. The topological polar surface area (TPSA) is 107 Å². The number of amides is 1. The summed E-state index contributed by atoms with van der Waals surface area (Å²) in [6.45, 7) is 1.37. The van der Waals surface area contributed by atoms with Gasteiger partial charge >= 0.3 is 6.18 Å². The molecule has 158 valence electrons. The Morgan fingerprint density at radius 1 is 1.17 bits per heavy atom. The van der Waals surface area contributed by atoms with E-state index in [1.165, 1.54) is 13.0 Å². The minimum Gasteiger partial charge on any atom is -0.266 e. The van der Waals surface area contributed by atoms with Crippen molar-refractivity contribution in [3.05, 3.63) is 63.5 Å². The number of hydrogen-bond donors (Lipinski definition) is 1. The van der Waals surface area contributed by atoms with Gasteiger partial charge in [0.25, 0.3) is 15.9 Å². The number of nitrogens with one attached hydrogen (secondary N) is 1. The van der Waals surface area contributed by atoms with Crippen molar-refractivity contribution in [1.29, 1.82) is 0 Å². The van der Waals surface area contributed by atoms with Crippen LogP contribution in [-0.4, -0.2) is 34.3 Å². The van der Waals surface area contributed by atoms with Crippen LogP contribution in [0, 0.1) is 6.92 Å². The van der Waals surface area contributed by atoms with Gasteiger partial charge in [0.15, 0.2) is 10.7 Å². The zero-order valence-electron chi connectivity index (χ0n) is 14.8. The Balaban J connectivity index is 1.90. The van der Waals surface area contributed by atoms with Crippen molar-refractivity contribution in [1.82, 2.24) is 24.7 Å². The van der Waals surface area contributed by atoms with Crippen LogP contribution in [0.2, 0.25) is 10.0 Å². The SMILES string of the molecule is Cc1c(C(=O)NS(=O)(=O)c2ccc(Cl)cn2)nnn1-c1ccc(C(F)(F)F)cc1Cl. The van der Waals surface area contributed by atoms with Crippen molar-refractivity contribution in [2.45, 2.75) is 18.1 Å². The number of carbonyl (C=O) groups is 1. The predicted octanol–water partition coefficient (Wildman–Crippen LogP) is 3.42. The summed E-state index contributed by atoms with van der Waals surface area (Å²) in [5.41, 5.74) is -1.26. The minimum atomic E-state index is -4.59. The van der Waals surface area contributed by atoms with E-state index in [-0.39, 0.29) is 27.1 Å². The average molecular weight is 480 g/mol. The molecule has 0 aliphatic rings. The minimum absolute atomic E-state index is 0.0240. The Hall–Kier alpha value is -2.70. The Kier molecular flexibility index (Phi) is 5.76. The highest BCUT2D eigenvalue weighted by atomic mass is 35.5. The van der Waals surface area contributed by atoms with Gasteiger partial charge in [0.05, 0.1) is 27.0 Å². The fourth-order valence-electron chi connectivity index (χ4n) is 2.37. The van der Waals surface area contributed by atoms with E-state index < -0.39 is 32.7 Å². The highest BCUT2D eigenvalue weighted by Gasteiger charge is 2.31. The molecular formula is C16H10Cl2F3N5O3S. The van der Waals surface area contributed by atoms with Crippen molar-refractivity contribution in [2.24, 2.45) is 0 Å². The first-order valence-corrected chi connectivity index (χ1v) is 10.1. The van der Waals surface area contributed by atoms with E-state index in [9.17, 15) is 26.4 Å². The van der Waals surface area contributed by atoms with Crippen LogP contribution >= 0.6 is 23.2 Å². The molecule has 0 bridgehead atoms. The van der Waals surface area contributed by atoms with E-state index >= 15 is 0 Å². The Morgan fingerprint density at radius 2 is 1.87 bits per heavy atom. The molecule has 0 spiro atoms. The smallest absolute Gasteiger partial charge is 0.266 e. The number of pyridine rings is 1. The molecule has 0 saturated carbocycles. The maximum Gasteiger partial charge on any atom is 0.416 e. The van der Waals surface area contributed by atoms with Crippen LogP contribution in [0.4, 0.5) is 13.2 Å². The molecule has 14 heteroatoms. The molecule has 0 radical (unpaired) electrons. The highest BCUT2D eigenvalue weighted by Crippen LogP contribution is 2.33. The molecule has 1 aromatic carbocycles. The van der Waals surface area contributed by atoms with Gasteiger partial charge in [0.1, 0.15) is 0 Å². The van der Waals surface area contributed by atoms with Crippen LogP contribution in [0.5, 0.6) is 0 Å². The number of aromatic nitrogens is 4. The summed E-state index contributed by atoms with van der Waals surface area (Å²) in [5, 5.41) is 6.76. The van der Waals surface area contributed by atoms with E-state index in [1.54, 1.807) is 4.72 Å². The molecule has 2 aromatic heterocycles. The van der Waals surface area contributed by atoms with Gasteiger partial charge in [-0.15, -0.1) is 5.10 Å². The van der Waals surface area contributed by atoms with E-state index in [4.69, 9.17) is 23.2 Å². The maximum atomic E-state index is 12.8. The first-order chi connectivity index (χ1) is 13.9. The first kappa shape index (κ1) is 22.0. The van der Waals surface area contributed by atoms with Crippen LogP contribution in [0.3, 0.4) is 0 Å². The standard InChI is InChI=1S/C16H10Cl2F3N5O3S/c1-8-14(15(27)24-30(28,29)13-5-3-10(17)7-22-13)23-25-26(8)12-4-2-9(6-11(12)18)16(19,20)21/h2-7H,1H3,(H,24,27). The normalized spacial score (nSPS) is 12.1. The second-order valence-electron chi connectivity index (χ2n) is 5.85. The van der Waals surface area contributed by atoms with E-state index in [2.05, 4.69) is 15.3 Å². The van der Waals surface area contributed by atoms with Crippen molar-refractivity contribution in [2.75, 3.05) is 0 Å². The van der Waals surface area contributed by atoms with Crippen LogP contribution in [0.1, 0.15) is 21.7 Å². The number of benzene rings is 1. The first-order valence-electron chi connectivity index (χ1n) is 7.88. The summed E-state index contributed by atoms with van der Waals surface area (Å²) in [6, 6.07) is 4.93. The summed E-state index contributed by atoms with van der Waals surface area (Å²) < 4.78 is 65.8. The van der Waals surface area contributed by atoms with Crippen LogP contribution < -0.4 is 4.72 Å². The Morgan fingerprint density at radius 3 is 2.43 bits per heavy atom. The van der Waals surface area contributed by atoms with E-state index in [1.807, 2.05) is 0 Å². The van der Waals surface area contributed by atoms with E-state index in [0.717, 1.165) is 29.1 Å². The van der Waals surface area contributed by atoms with Crippen molar-refractivity contribution in [3.63, 3.8) is 0 Å². The van der Waals surface area contributed by atoms with Crippen molar-refractivity contribution >= 4 is 39.1 Å². The maximum absolute atomic E-state index is 12.8. The van der Waals surface area contributed by atoms with Crippen molar-refractivity contribution in [3.8, 4) is 5.69 Å². The Labute approximate surface area is 177 Å². The molecule has 1 amide bonds. The van der Waals surface area contributed by atoms with E-state index in [0.29, 0.717) is 6.07 Å². The number of sulfonamides is 1. The van der Waals surface area contributed by atoms with Crippen LogP contribution in [0.25, 0.3) is 5.69 Å². The van der Waals surface area contributed by atoms with Gasteiger partial charge < -0.3 is 0 Å². The second kappa shape index (κ2) is 7.85. The summed E-state index contributed by atoms with van der Waals surface area (Å²) in [6.07, 6.45) is -3.50. The molecule has 8 nitrogen and oxygen atoms in total. The lowest BCUT2D eigenvalue weighted by Crippen LogP contribution is -2.32. The largest absolute Gasteiger partial charge is 0.416 e. The molecule has 0 atom stereocenters. The fourth-order valence-corrected chi connectivity index (χ4v) is 3.62. The van der Waals surface area contributed by atoms with Gasteiger partial charge in [0.2, 0.25) is 0 Å². The number of hydrogen-bond acceptors (Lipinski definition) is 6. The summed E-state index contributed by atoms with van der Waals surface area (Å²) >= 11 is 11.6. The highest BCUT2D eigenvalue weighted by molar-refractivity contribution is 7.90. The van der Waals surface area contributed by atoms with Crippen LogP contribution in [-0.2, 0) is 16.2 Å². The van der Waals surface area contributed by atoms with Gasteiger partial charge in [-0.2, -0.15) is 21.6 Å². The van der Waals surface area contributed by atoms with Crippen LogP contribution in [0.15, 0.2) is 41.6 Å². The summed E-state index contributed by atoms with van der Waals surface area (Å²) in [5.74, 6) is -1.11. The lowest BCUT2D eigenvalue weighted by Gasteiger charge is -2.10. The third-order valence-corrected chi connectivity index (χ3v) is 5.59. The zero-order valence-corrected chi connectivity index (χ0v) is 17.1. The molecule has 2 heterocycles. The molecule has 3 rings (SSSR count). The second-order valence-corrected chi connectivity index (χ2v) is 8.32. The quantitative estimate of drug-likeness (QED) is 0.614. The lowest BCUT2D eigenvalue weighted by molar-refractivity contribution is -0.137. The number of alkyl halides is 3. The third-order valence-electron chi connectivity index (χ3n) is 3.82. The Bertz CT molecular complexity index is 1230. The zero-order chi connectivity index (χ0) is 22.3. The summed E-state index contributed by atoms with van der Waals surface area (Å²) in [4.78, 5) is 16.0. The average Bonchev–Trinajstić information content (AvgIpc) is 3.02. The molecular weight excluding hydrogens is 470 g/mol. The molecule has 0 aliphatic heterocycles. The van der Waals surface area contributed by atoms with Gasteiger partial charge in [-0.3, -0.25) is 4.79 Å². The third kappa shape index (κ3) is 4.40. The lowest BCUT2D eigenvalue weighted by atomic mass is 10.2. The van der Waals surface area contributed by atoms with Gasteiger partial charge in [-0.1, -0.05) is 28.4 Å². The number of carbonyl (C=O) groups excluding carboxylic acids is 1. The number of halogens is 5. The fraction of sp³-hybridized carbons (Fsp3) is 0.125. The molecule has 0 unspecified atom stereocenters. The van der Waals surface area contributed by atoms with Gasteiger partial charge in [0, 0.05) is 6.20 Å². The molecule has 30 heavy (non-hydrogen) atoms. The number of rotatable bonds is 4. The van der Waals surface area contributed by atoms with Gasteiger partial charge in [-0.05, 0) is 37.3 Å². The van der Waals surface area contributed by atoms with Crippen molar-refractivity contribution < 1.29 is 26.4 Å². The molecule has 0 fully saturated rings. The molecule has 0 saturated heterocycles. The molecule has 0 aliphatic carbocycles. The number of nitrogens with zero attached hydrogens (tertiary/aromatic N) is 4.